The molecule has 0 saturated carbocycles. The first-order valence-corrected chi connectivity index (χ1v) is 6.68. The molecule has 0 saturated heterocycles. The van der Waals surface area contributed by atoms with E-state index in [1.165, 1.54) is 16.8 Å². The predicted molar refractivity (Wildman–Crippen MR) is 79.4 cm³/mol. The maximum atomic E-state index is 5.31. The van der Waals surface area contributed by atoms with Crippen molar-refractivity contribution in [1.82, 2.24) is 4.90 Å². The predicted octanol–water partition coefficient (Wildman–Crippen LogP) is 3.44. The molecule has 0 bridgehead atoms. The molecule has 0 aliphatic rings. The lowest BCUT2D eigenvalue weighted by molar-refractivity contribution is 0.337. The second-order valence-electron chi connectivity index (χ2n) is 4.98. The summed E-state index contributed by atoms with van der Waals surface area (Å²) in [5.74, 6) is 1.01. The van der Waals surface area contributed by atoms with E-state index in [1.807, 2.05) is 13.0 Å². The molecule has 102 valence electrons. The first-order valence-electron chi connectivity index (χ1n) is 6.68. The fourth-order valence-electron chi connectivity index (χ4n) is 2.10. The van der Waals surface area contributed by atoms with Crippen molar-refractivity contribution in [3.63, 3.8) is 0 Å². The summed E-state index contributed by atoms with van der Waals surface area (Å²) in [4.78, 5) is 2.29. The summed E-state index contributed by atoms with van der Waals surface area (Å²) >= 11 is 0. The second kappa shape index (κ2) is 6.43. The van der Waals surface area contributed by atoms with Gasteiger partial charge < -0.3 is 14.6 Å². The van der Waals surface area contributed by atoms with Gasteiger partial charge in [0.05, 0.1) is 6.26 Å². The Morgan fingerprint density at radius 1 is 1.16 bits per heavy atom. The van der Waals surface area contributed by atoms with Crippen LogP contribution in [0.2, 0.25) is 0 Å². The molecule has 1 N–H and O–H groups in total. The van der Waals surface area contributed by atoms with Crippen LogP contribution in [0.5, 0.6) is 0 Å². The summed E-state index contributed by atoms with van der Waals surface area (Å²) in [5, 5.41) is 3.47. The van der Waals surface area contributed by atoms with Crippen LogP contribution in [-0.4, -0.2) is 25.0 Å². The van der Waals surface area contributed by atoms with Crippen molar-refractivity contribution < 1.29 is 4.42 Å². The number of nitrogens with one attached hydrogen (secondary N) is 1. The number of para-hydroxylation sites is 1. The van der Waals surface area contributed by atoms with Gasteiger partial charge in [0.2, 0.25) is 0 Å². The van der Waals surface area contributed by atoms with Gasteiger partial charge in [0.25, 0.3) is 0 Å². The Bertz CT molecular complexity index is 519. The Kier molecular flexibility index (Phi) is 4.63. The van der Waals surface area contributed by atoms with E-state index in [4.69, 9.17) is 4.42 Å². The maximum absolute atomic E-state index is 5.31. The van der Waals surface area contributed by atoms with Crippen molar-refractivity contribution in [2.45, 2.75) is 20.4 Å². The van der Waals surface area contributed by atoms with Gasteiger partial charge in [-0.05, 0) is 38.6 Å². The molecule has 1 heterocycles. The first-order chi connectivity index (χ1) is 9.16. The van der Waals surface area contributed by atoms with E-state index in [0.717, 1.165) is 25.4 Å². The Morgan fingerprint density at radius 2 is 1.95 bits per heavy atom. The minimum atomic E-state index is 0.928. The quantitative estimate of drug-likeness (QED) is 0.860. The van der Waals surface area contributed by atoms with E-state index in [-0.39, 0.29) is 0 Å². The van der Waals surface area contributed by atoms with Gasteiger partial charge in [0.1, 0.15) is 5.76 Å². The lowest BCUT2D eigenvalue weighted by Crippen LogP contribution is -2.25. The maximum Gasteiger partial charge on any atom is 0.105 e. The van der Waals surface area contributed by atoms with Crippen LogP contribution in [-0.2, 0) is 6.54 Å². The molecular weight excluding hydrogens is 236 g/mol. The van der Waals surface area contributed by atoms with E-state index >= 15 is 0 Å². The highest BCUT2D eigenvalue weighted by molar-refractivity contribution is 5.50. The zero-order chi connectivity index (χ0) is 13.7. The standard InChI is InChI=1S/C16H22N2O/c1-13-6-4-5-7-16(13)17-9-10-18(3)12-15-8-11-19-14(15)2/h4-8,11,17H,9-10,12H2,1-3H3. The number of hydrogen-bond acceptors (Lipinski definition) is 3. The Hall–Kier alpha value is -1.74. The van der Waals surface area contributed by atoms with Gasteiger partial charge in [-0.25, -0.2) is 0 Å². The summed E-state index contributed by atoms with van der Waals surface area (Å²) in [6.45, 7) is 7.00. The van der Waals surface area contributed by atoms with Crippen LogP contribution in [0.15, 0.2) is 41.0 Å². The molecule has 0 aliphatic heterocycles. The van der Waals surface area contributed by atoms with Crippen LogP contribution in [0.1, 0.15) is 16.9 Å². The minimum absolute atomic E-state index is 0.928. The molecule has 0 aliphatic carbocycles. The summed E-state index contributed by atoms with van der Waals surface area (Å²) in [6, 6.07) is 10.4. The number of hydrogen-bond donors (Lipinski definition) is 1. The van der Waals surface area contributed by atoms with E-state index in [9.17, 15) is 0 Å². The monoisotopic (exact) mass is 258 g/mol. The molecule has 0 amide bonds. The normalized spacial score (nSPS) is 10.9. The molecule has 0 fully saturated rings. The third-order valence-corrected chi connectivity index (χ3v) is 3.36. The topological polar surface area (TPSA) is 28.4 Å². The number of benzene rings is 1. The Morgan fingerprint density at radius 3 is 2.63 bits per heavy atom. The van der Waals surface area contributed by atoms with E-state index in [2.05, 4.69) is 48.5 Å². The molecule has 3 nitrogen and oxygen atoms in total. The van der Waals surface area contributed by atoms with Gasteiger partial charge in [0, 0.05) is 30.9 Å². The molecule has 0 radical (unpaired) electrons. The lowest BCUT2D eigenvalue weighted by atomic mass is 10.2. The molecule has 1 aromatic carbocycles. The number of nitrogens with zero attached hydrogens (tertiary/aromatic N) is 1. The summed E-state index contributed by atoms with van der Waals surface area (Å²) < 4.78 is 5.31. The number of rotatable bonds is 6. The van der Waals surface area contributed by atoms with Crippen molar-refractivity contribution in [2.24, 2.45) is 0 Å². The fraction of sp³-hybridized carbons (Fsp3) is 0.375. The number of likely N-dealkylation sites (N-methyl/N-ethyl adjacent to an activating group) is 1. The van der Waals surface area contributed by atoms with Crippen LogP contribution in [0.4, 0.5) is 5.69 Å². The van der Waals surface area contributed by atoms with Crippen LogP contribution in [0, 0.1) is 13.8 Å². The molecule has 2 rings (SSSR count). The average molecular weight is 258 g/mol. The van der Waals surface area contributed by atoms with E-state index in [1.54, 1.807) is 6.26 Å². The lowest BCUT2D eigenvalue weighted by Gasteiger charge is -2.17. The van der Waals surface area contributed by atoms with Crippen LogP contribution in [0.3, 0.4) is 0 Å². The molecule has 3 heteroatoms. The van der Waals surface area contributed by atoms with Crippen molar-refractivity contribution in [2.75, 3.05) is 25.5 Å². The molecule has 0 unspecified atom stereocenters. The fourth-order valence-corrected chi connectivity index (χ4v) is 2.10. The van der Waals surface area contributed by atoms with Gasteiger partial charge >= 0.3 is 0 Å². The highest BCUT2D eigenvalue weighted by Crippen LogP contribution is 2.13. The van der Waals surface area contributed by atoms with Crippen molar-refractivity contribution in [3.05, 3.63) is 53.5 Å². The molecule has 0 atom stereocenters. The zero-order valence-corrected chi connectivity index (χ0v) is 11.9. The number of furan rings is 1. The van der Waals surface area contributed by atoms with Gasteiger partial charge in [-0.2, -0.15) is 0 Å². The van der Waals surface area contributed by atoms with Crippen LogP contribution in [0.25, 0.3) is 0 Å². The summed E-state index contributed by atoms with van der Waals surface area (Å²) in [6.07, 6.45) is 1.75. The minimum Gasteiger partial charge on any atom is -0.469 e. The van der Waals surface area contributed by atoms with Crippen LogP contribution >= 0.6 is 0 Å². The largest absolute Gasteiger partial charge is 0.469 e. The summed E-state index contributed by atoms with van der Waals surface area (Å²) in [5.41, 5.74) is 3.77. The Labute approximate surface area is 115 Å². The highest BCUT2D eigenvalue weighted by Gasteiger charge is 2.05. The number of anilines is 1. The molecule has 1 aromatic heterocycles. The molecular formula is C16H22N2O. The number of aryl methyl sites for hydroxylation is 2. The van der Waals surface area contributed by atoms with E-state index in [0.29, 0.717) is 0 Å². The average Bonchev–Trinajstić information content (AvgIpc) is 2.77. The molecule has 19 heavy (non-hydrogen) atoms. The van der Waals surface area contributed by atoms with Crippen LogP contribution < -0.4 is 5.32 Å². The van der Waals surface area contributed by atoms with E-state index < -0.39 is 0 Å². The summed E-state index contributed by atoms with van der Waals surface area (Å²) in [7, 11) is 2.13. The van der Waals surface area contributed by atoms with Gasteiger partial charge in [0.15, 0.2) is 0 Å². The van der Waals surface area contributed by atoms with Gasteiger partial charge in [-0.3, -0.25) is 0 Å². The van der Waals surface area contributed by atoms with Gasteiger partial charge in [-0.15, -0.1) is 0 Å². The third-order valence-electron chi connectivity index (χ3n) is 3.36. The SMILES string of the molecule is Cc1ccccc1NCCN(C)Cc1ccoc1C. The highest BCUT2D eigenvalue weighted by atomic mass is 16.3. The zero-order valence-electron chi connectivity index (χ0n) is 11.9. The smallest absolute Gasteiger partial charge is 0.105 e. The van der Waals surface area contributed by atoms with Crippen molar-refractivity contribution in [3.8, 4) is 0 Å². The van der Waals surface area contributed by atoms with Gasteiger partial charge in [-0.1, -0.05) is 18.2 Å². The molecule has 2 aromatic rings. The molecule has 0 spiro atoms. The first kappa shape index (κ1) is 13.7. The Balaban J connectivity index is 1.77. The second-order valence-corrected chi connectivity index (χ2v) is 4.98. The van der Waals surface area contributed by atoms with Crippen molar-refractivity contribution in [1.29, 1.82) is 0 Å². The third kappa shape index (κ3) is 3.86. The van der Waals surface area contributed by atoms with Crippen molar-refractivity contribution >= 4 is 5.69 Å².